The van der Waals surface area contributed by atoms with Gasteiger partial charge in [-0.15, -0.1) is 0 Å². The minimum Gasteiger partial charge on any atom is -0.338 e. The molecule has 2 fully saturated rings. The van der Waals surface area contributed by atoms with Crippen LogP contribution in [0.25, 0.3) is 0 Å². The van der Waals surface area contributed by atoms with E-state index in [4.69, 9.17) is 5.73 Å². The summed E-state index contributed by atoms with van der Waals surface area (Å²) in [6.07, 6.45) is 8.22. The Hall–Kier alpha value is -0.570. The van der Waals surface area contributed by atoms with Crippen LogP contribution in [0.2, 0.25) is 0 Å². The Morgan fingerprint density at radius 2 is 1.75 bits per heavy atom. The standard InChI is InChI=1S/C13H24N2O/c1-10-12(14)8-9-15(10)13(16)11-6-4-2-3-5-7-11/h10-12H,2-9,14H2,1H3. The van der Waals surface area contributed by atoms with Gasteiger partial charge in [-0.25, -0.2) is 0 Å². The van der Waals surface area contributed by atoms with E-state index in [1.54, 1.807) is 0 Å². The van der Waals surface area contributed by atoms with Gasteiger partial charge in [0.15, 0.2) is 0 Å². The average molecular weight is 224 g/mol. The largest absolute Gasteiger partial charge is 0.338 e. The first-order chi connectivity index (χ1) is 7.70. The summed E-state index contributed by atoms with van der Waals surface area (Å²) in [5.74, 6) is 0.664. The van der Waals surface area contributed by atoms with Crippen molar-refractivity contribution in [3.8, 4) is 0 Å². The van der Waals surface area contributed by atoms with E-state index in [-0.39, 0.29) is 18.0 Å². The van der Waals surface area contributed by atoms with Gasteiger partial charge in [-0.1, -0.05) is 25.7 Å². The maximum Gasteiger partial charge on any atom is 0.225 e. The third kappa shape index (κ3) is 2.40. The maximum absolute atomic E-state index is 12.4. The SMILES string of the molecule is CC1C(N)CCN1C(=O)C1CCCCCC1. The zero-order valence-corrected chi connectivity index (χ0v) is 10.3. The molecule has 1 aliphatic carbocycles. The number of likely N-dealkylation sites (tertiary alicyclic amines) is 1. The normalized spacial score (nSPS) is 32.8. The van der Waals surface area contributed by atoms with Gasteiger partial charge >= 0.3 is 0 Å². The van der Waals surface area contributed by atoms with E-state index in [9.17, 15) is 4.79 Å². The summed E-state index contributed by atoms with van der Waals surface area (Å²) in [7, 11) is 0. The summed E-state index contributed by atoms with van der Waals surface area (Å²) < 4.78 is 0. The highest BCUT2D eigenvalue weighted by Gasteiger charge is 2.34. The lowest BCUT2D eigenvalue weighted by Crippen LogP contribution is -2.43. The first-order valence-corrected chi connectivity index (χ1v) is 6.76. The molecule has 2 N–H and O–H groups in total. The quantitative estimate of drug-likeness (QED) is 0.692. The fourth-order valence-electron chi connectivity index (χ4n) is 3.04. The highest BCUT2D eigenvalue weighted by atomic mass is 16.2. The molecule has 0 aromatic heterocycles. The summed E-state index contributed by atoms with van der Waals surface area (Å²) in [4.78, 5) is 14.4. The van der Waals surface area contributed by atoms with Crippen LogP contribution in [-0.4, -0.2) is 29.4 Å². The van der Waals surface area contributed by atoms with E-state index in [1.807, 2.05) is 4.90 Å². The minimum atomic E-state index is 0.190. The second-order valence-electron chi connectivity index (χ2n) is 5.41. The first kappa shape index (κ1) is 11.9. The summed E-state index contributed by atoms with van der Waals surface area (Å²) in [6.45, 7) is 2.96. The molecule has 0 aromatic rings. The van der Waals surface area contributed by atoms with Gasteiger partial charge in [-0.3, -0.25) is 4.79 Å². The number of hydrogen-bond donors (Lipinski definition) is 1. The second kappa shape index (κ2) is 5.17. The van der Waals surface area contributed by atoms with Crippen molar-refractivity contribution < 1.29 is 4.79 Å². The molecular weight excluding hydrogens is 200 g/mol. The number of amides is 1. The number of carbonyl (C=O) groups is 1. The lowest BCUT2D eigenvalue weighted by Gasteiger charge is -2.27. The van der Waals surface area contributed by atoms with Crippen LogP contribution in [0.3, 0.4) is 0 Å². The van der Waals surface area contributed by atoms with E-state index in [0.717, 1.165) is 25.8 Å². The zero-order chi connectivity index (χ0) is 11.5. The lowest BCUT2D eigenvalue weighted by molar-refractivity contribution is -0.136. The molecule has 1 heterocycles. The van der Waals surface area contributed by atoms with Crippen LogP contribution in [-0.2, 0) is 4.79 Å². The average Bonchev–Trinajstić information content (AvgIpc) is 2.53. The van der Waals surface area contributed by atoms with E-state index in [0.29, 0.717) is 5.91 Å². The predicted octanol–water partition coefficient (Wildman–Crippen LogP) is 1.90. The molecule has 1 aliphatic heterocycles. The molecule has 2 aliphatic rings. The highest BCUT2D eigenvalue weighted by Crippen LogP contribution is 2.27. The lowest BCUT2D eigenvalue weighted by atomic mass is 9.98. The molecule has 0 radical (unpaired) electrons. The molecule has 2 rings (SSSR count). The molecule has 0 bridgehead atoms. The Kier molecular flexibility index (Phi) is 3.85. The fourth-order valence-corrected chi connectivity index (χ4v) is 3.04. The van der Waals surface area contributed by atoms with Gasteiger partial charge in [0.1, 0.15) is 0 Å². The summed E-state index contributed by atoms with van der Waals surface area (Å²) in [6, 6.07) is 0.436. The van der Waals surface area contributed by atoms with Crippen molar-refractivity contribution in [2.24, 2.45) is 11.7 Å². The summed E-state index contributed by atoms with van der Waals surface area (Å²) in [5, 5.41) is 0. The van der Waals surface area contributed by atoms with Gasteiger partial charge < -0.3 is 10.6 Å². The molecule has 2 atom stereocenters. The van der Waals surface area contributed by atoms with Crippen LogP contribution in [0.4, 0.5) is 0 Å². The van der Waals surface area contributed by atoms with Crippen molar-refractivity contribution in [1.29, 1.82) is 0 Å². The Morgan fingerprint density at radius 3 is 2.25 bits per heavy atom. The second-order valence-corrected chi connectivity index (χ2v) is 5.41. The Labute approximate surface area is 98.4 Å². The molecule has 3 heteroatoms. The third-order valence-electron chi connectivity index (χ3n) is 4.30. The number of carbonyl (C=O) groups excluding carboxylic acids is 1. The molecule has 0 spiro atoms. The summed E-state index contributed by atoms with van der Waals surface area (Å²) >= 11 is 0. The van der Waals surface area contributed by atoms with Crippen molar-refractivity contribution in [2.75, 3.05) is 6.54 Å². The van der Waals surface area contributed by atoms with E-state index >= 15 is 0 Å². The number of rotatable bonds is 1. The van der Waals surface area contributed by atoms with Gasteiger partial charge in [0.25, 0.3) is 0 Å². The van der Waals surface area contributed by atoms with Gasteiger partial charge in [0.2, 0.25) is 5.91 Å². The maximum atomic E-state index is 12.4. The molecular formula is C13H24N2O. The molecule has 0 aromatic carbocycles. The fraction of sp³-hybridized carbons (Fsp3) is 0.923. The predicted molar refractivity (Wildman–Crippen MR) is 65.0 cm³/mol. The van der Waals surface area contributed by atoms with E-state index in [1.165, 1.54) is 25.7 Å². The third-order valence-corrected chi connectivity index (χ3v) is 4.30. The molecule has 1 saturated carbocycles. The number of nitrogens with zero attached hydrogens (tertiary/aromatic N) is 1. The highest BCUT2D eigenvalue weighted by molar-refractivity contribution is 5.79. The Morgan fingerprint density at radius 1 is 1.12 bits per heavy atom. The van der Waals surface area contributed by atoms with Crippen LogP contribution < -0.4 is 5.73 Å². The van der Waals surface area contributed by atoms with Gasteiger partial charge in [0.05, 0.1) is 0 Å². The van der Waals surface area contributed by atoms with E-state index < -0.39 is 0 Å². The first-order valence-electron chi connectivity index (χ1n) is 6.76. The topological polar surface area (TPSA) is 46.3 Å². The number of hydrogen-bond acceptors (Lipinski definition) is 2. The molecule has 3 nitrogen and oxygen atoms in total. The molecule has 1 amide bonds. The van der Waals surface area contributed by atoms with Crippen LogP contribution in [0.5, 0.6) is 0 Å². The number of nitrogens with two attached hydrogens (primary N) is 1. The Balaban J connectivity index is 1.95. The van der Waals surface area contributed by atoms with Gasteiger partial charge in [-0.05, 0) is 26.2 Å². The van der Waals surface area contributed by atoms with Crippen molar-refractivity contribution >= 4 is 5.91 Å². The van der Waals surface area contributed by atoms with Crippen molar-refractivity contribution in [2.45, 2.75) is 64.0 Å². The van der Waals surface area contributed by atoms with E-state index in [2.05, 4.69) is 6.92 Å². The smallest absolute Gasteiger partial charge is 0.225 e. The van der Waals surface area contributed by atoms with Crippen molar-refractivity contribution in [3.05, 3.63) is 0 Å². The Bertz CT molecular complexity index is 246. The van der Waals surface area contributed by atoms with Crippen LogP contribution >= 0.6 is 0 Å². The van der Waals surface area contributed by atoms with Crippen molar-refractivity contribution in [3.63, 3.8) is 0 Å². The van der Waals surface area contributed by atoms with Gasteiger partial charge in [0, 0.05) is 24.5 Å². The van der Waals surface area contributed by atoms with Crippen LogP contribution in [0.1, 0.15) is 51.9 Å². The molecule has 2 unspecified atom stereocenters. The molecule has 16 heavy (non-hydrogen) atoms. The molecule has 1 saturated heterocycles. The van der Waals surface area contributed by atoms with Crippen LogP contribution in [0.15, 0.2) is 0 Å². The van der Waals surface area contributed by atoms with Crippen molar-refractivity contribution in [1.82, 2.24) is 4.90 Å². The molecule has 92 valence electrons. The van der Waals surface area contributed by atoms with Gasteiger partial charge in [-0.2, -0.15) is 0 Å². The van der Waals surface area contributed by atoms with Crippen LogP contribution in [0, 0.1) is 5.92 Å². The zero-order valence-electron chi connectivity index (χ0n) is 10.3. The summed E-state index contributed by atoms with van der Waals surface area (Å²) in [5.41, 5.74) is 5.97. The monoisotopic (exact) mass is 224 g/mol. The minimum absolute atomic E-state index is 0.190.